The molecule has 0 aliphatic heterocycles. The summed E-state index contributed by atoms with van der Waals surface area (Å²) in [5, 5.41) is 8.89. The summed E-state index contributed by atoms with van der Waals surface area (Å²) in [6.45, 7) is 0. The first kappa shape index (κ1) is 16.0. The molecule has 2 rings (SSSR count). The minimum atomic E-state index is -4.66. The highest BCUT2D eigenvalue weighted by Crippen LogP contribution is 2.28. The number of methoxy groups -OCH3 is 2. The van der Waals surface area contributed by atoms with Gasteiger partial charge >= 0.3 is 6.18 Å². The number of alkyl halides is 3. The lowest BCUT2D eigenvalue weighted by Gasteiger charge is -2.07. The molecule has 118 valence electrons. The van der Waals surface area contributed by atoms with E-state index in [1.165, 1.54) is 20.4 Å². The van der Waals surface area contributed by atoms with E-state index in [0.29, 0.717) is 21.7 Å². The summed E-state index contributed by atoms with van der Waals surface area (Å²) in [5.41, 5.74) is 0.508. The first-order valence-corrected chi connectivity index (χ1v) is 6.28. The van der Waals surface area contributed by atoms with E-state index >= 15 is 0 Å². The van der Waals surface area contributed by atoms with Gasteiger partial charge in [-0.1, -0.05) is 0 Å². The van der Waals surface area contributed by atoms with Crippen LogP contribution < -0.4 is 9.47 Å². The Morgan fingerprint density at radius 2 is 1.95 bits per heavy atom. The highest BCUT2D eigenvalue weighted by molar-refractivity contribution is 7.71. The van der Waals surface area contributed by atoms with Crippen molar-refractivity contribution in [2.24, 2.45) is 5.10 Å². The maximum absolute atomic E-state index is 12.7. The second kappa shape index (κ2) is 6.18. The van der Waals surface area contributed by atoms with Crippen LogP contribution in [-0.2, 0) is 6.18 Å². The molecule has 1 aromatic heterocycles. The molecule has 2 aromatic rings. The molecular weight excluding hydrogens is 321 g/mol. The van der Waals surface area contributed by atoms with Crippen LogP contribution in [0.3, 0.4) is 0 Å². The van der Waals surface area contributed by atoms with Crippen molar-refractivity contribution in [3.63, 3.8) is 0 Å². The molecule has 0 unspecified atom stereocenters. The number of aromatic amines is 1. The van der Waals surface area contributed by atoms with Gasteiger partial charge in [0.25, 0.3) is 5.82 Å². The summed E-state index contributed by atoms with van der Waals surface area (Å²) in [7, 11) is 2.93. The zero-order chi connectivity index (χ0) is 16.3. The molecule has 0 bridgehead atoms. The number of nitrogens with zero attached hydrogens (tertiary/aromatic N) is 3. The molecule has 1 heterocycles. The Balaban J connectivity index is 2.38. The Morgan fingerprint density at radius 1 is 1.27 bits per heavy atom. The number of hydrogen-bond donors (Lipinski definition) is 1. The van der Waals surface area contributed by atoms with E-state index in [4.69, 9.17) is 21.7 Å². The summed E-state index contributed by atoms with van der Waals surface area (Å²) >= 11 is 4.73. The van der Waals surface area contributed by atoms with E-state index in [9.17, 15) is 13.2 Å². The minimum Gasteiger partial charge on any atom is -0.493 e. The first-order chi connectivity index (χ1) is 10.4. The van der Waals surface area contributed by atoms with Crippen LogP contribution in [0.15, 0.2) is 23.3 Å². The molecule has 0 aliphatic rings. The van der Waals surface area contributed by atoms with Crippen LogP contribution in [0.25, 0.3) is 0 Å². The van der Waals surface area contributed by atoms with Crippen molar-refractivity contribution in [3.05, 3.63) is 34.4 Å². The second-order valence-electron chi connectivity index (χ2n) is 4.02. The maximum Gasteiger partial charge on any atom is 0.453 e. The molecule has 6 nitrogen and oxygen atoms in total. The Morgan fingerprint density at radius 3 is 2.55 bits per heavy atom. The largest absolute Gasteiger partial charge is 0.493 e. The first-order valence-electron chi connectivity index (χ1n) is 5.88. The Bertz CT molecular complexity index is 752. The lowest BCUT2D eigenvalue weighted by atomic mass is 10.2. The summed E-state index contributed by atoms with van der Waals surface area (Å²) in [5.74, 6) is -0.303. The monoisotopic (exact) mass is 332 g/mol. The standard InChI is InChI=1S/C12H11F3N4O2S/c1-20-8-4-3-7(5-9(8)21-2)6-16-19-10(12(13,14)15)17-18-11(19)22/h3-6H,1-2H3,(H,18,22)/b16-6+. The summed E-state index contributed by atoms with van der Waals surface area (Å²) < 4.78 is 48.7. The van der Waals surface area contributed by atoms with Crippen LogP contribution in [0.2, 0.25) is 0 Å². The fraction of sp³-hybridized carbons (Fsp3) is 0.250. The number of rotatable bonds is 4. The van der Waals surface area contributed by atoms with Gasteiger partial charge in [0, 0.05) is 0 Å². The normalized spacial score (nSPS) is 11.9. The van der Waals surface area contributed by atoms with Gasteiger partial charge in [0.2, 0.25) is 4.77 Å². The zero-order valence-electron chi connectivity index (χ0n) is 11.5. The van der Waals surface area contributed by atoms with E-state index in [0.717, 1.165) is 0 Å². The molecule has 0 spiro atoms. The van der Waals surface area contributed by atoms with E-state index in [-0.39, 0.29) is 4.77 Å². The van der Waals surface area contributed by atoms with Crippen LogP contribution in [-0.4, -0.2) is 35.3 Å². The quantitative estimate of drug-likeness (QED) is 0.691. The van der Waals surface area contributed by atoms with Gasteiger partial charge in [-0.15, -0.1) is 5.10 Å². The molecule has 0 saturated carbocycles. The number of H-pyrrole nitrogens is 1. The van der Waals surface area contributed by atoms with E-state index < -0.39 is 12.0 Å². The topological polar surface area (TPSA) is 64.4 Å². The van der Waals surface area contributed by atoms with Gasteiger partial charge in [0.15, 0.2) is 11.5 Å². The molecule has 0 radical (unpaired) electrons. The predicted molar refractivity (Wildman–Crippen MR) is 75.0 cm³/mol. The summed E-state index contributed by atoms with van der Waals surface area (Å²) in [6, 6.07) is 4.79. The van der Waals surface area contributed by atoms with Crippen LogP contribution in [0.4, 0.5) is 13.2 Å². The van der Waals surface area contributed by atoms with Gasteiger partial charge in [-0.2, -0.15) is 22.9 Å². The van der Waals surface area contributed by atoms with E-state index in [2.05, 4.69) is 15.3 Å². The smallest absolute Gasteiger partial charge is 0.453 e. The van der Waals surface area contributed by atoms with Gasteiger partial charge in [-0.25, -0.2) is 5.10 Å². The molecule has 0 amide bonds. The highest BCUT2D eigenvalue weighted by atomic mass is 32.1. The number of aromatic nitrogens is 3. The van der Waals surface area contributed by atoms with Crippen molar-refractivity contribution in [2.75, 3.05) is 14.2 Å². The third kappa shape index (κ3) is 3.27. The average Bonchev–Trinajstić information content (AvgIpc) is 2.85. The predicted octanol–water partition coefficient (Wildman–Crippen LogP) is 2.86. The van der Waals surface area contributed by atoms with Gasteiger partial charge in [0.1, 0.15) is 0 Å². The maximum atomic E-state index is 12.7. The fourth-order valence-electron chi connectivity index (χ4n) is 1.64. The molecule has 0 fully saturated rings. The summed E-state index contributed by atoms with van der Waals surface area (Å²) in [4.78, 5) is 0. The number of ether oxygens (including phenoxy) is 2. The molecule has 22 heavy (non-hydrogen) atoms. The van der Waals surface area contributed by atoms with Gasteiger partial charge < -0.3 is 9.47 Å². The molecule has 10 heteroatoms. The molecule has 1 aromatic carbocycles. The van der Waals surface area contributed by atoms with Crippen LogP contribution in [0.5, 0.6) is 11.5 Å². The molecule has 0 saturated heterocycles. The Labute approximate surface area is 128 Å². The van der Waals surface area contributed by atoms with Crippen molar-refractivity contribution in [2.45, 2.75) is 6.18 Å². The van der Waals surface area contributed by atoms with Gasteiger partial charge in [-0.3, -0.25) is 0 Å². The van der Waals surface area contributed by atoms with Gasteiger partial charge in [-0.05, 0) is 36.0 Å². The lowest BCUT2D eigenvalue weighted by Crippen LogP contribution is -2.12. The minimum absolute atomic E-state index is 0.260. The van der Waals surface area contributed by atoms with Crippen molar-refractivity contribution in [3.8, 4) is 11.5 Å². The fourth-order valence-corrected chi connectivity index (χ4v) is 1.82. The Kier molecular flexibility index (Phi) is 4.50. The molecular formula is C12H11F3N4O2S. The molecule has 0 aliphatic carbocycles. The average molecular weight is 332 g/mol. The van der Waals surface area contributed by atoms with Crippen molar-refractivity contribution >= 4 is 18.4 Å². The van der Waals surface area contributed by atoms with Crippen LogP contribution >= 0.6 is 12.2 Å². The Hall–Kier alpha value is -2.36. The molecule has 1 N–H and O–H groups in total. The SMILES string of the molecule is COc1ccc(/C=N/n2c(C(F)(F)F)n[nH]c2=S)cc1OC. The van der Waals surface area contributed by atoms with Crippen molar-refractivity contribution < 1.29 is 22.6 Å². The summed E-state index contributed by atoms with van der Waals surface area (Å²) in [6.07, 6.45) is -3.45. The number of hydrogen-bond acceptors (Lipinski definition) is 5. The zero-order valence-corrected chi connectivity index (χ0v) is 12.3. The van der Waals surface area contributed by atoms with Crippen LogP contribution in [0, 0.1) is 4.77 Å². The lowest BCUT2D eigenvalue weighted by molar-refractivity contribution is -0.147. The number of halogens is 3. The molecule has 0 atom stereocenters. The second-order valence-corrected chi connectivity index (χ2v) is 4.41. The third-order valence-corrected chi connectivity index (χ3v) is 2.90. The van der Waals surface area contributed by atoms with E-state index in [1.807, 2.05) is 0 Å². The number of benzene rings is 1. The highest BCUT2D eigenvalue weighted by Gasteiger charge is 2.37. The number of nitrogens with one attached hydrogen (secondary N) is 1. The van der Waals surface area contributed by atoms with Crippen molar-refractivity contribution in [1.29, 1.82) is 0 Å². The van der Waals surface area contributed by atoms with Crippen LogP contribution in [0.1, 0.15) is 11.4 Å². The van der Waals surface area contributed by atoms with Gasteiger partial charge in [0.05, 0.1) is 20.4 Å². The third-order valence-electron chi connectivity index (χ3n) is 2.63. The van der Waals surface area contributed by atoms with Crippen molar-refractivity contribution in [1.82, 2.24) is 14.9 Å². The van der Waals surface area contributed by atoms with E-state index in [1.54, 1.807) is 18.2 Å².